The predicted octanol–water partition coefficient (Wildman–Crippen LogP) is 2.23. The van der Waals surface area contributed by atoms with E-state index in [1.54, 1.807) is 11.6 Å². The van der Waals surface area contributed by atoms with Crippen LogP contribution >= 0.6 is 0 Å². The third-order valence-corrected chi connectivity index (χ3v) is 7.02. The number of fused-ring (bicyclic) bond motifs is 1. The standard InChI is InChI=1S/C19H23N5O3S/c1-11-17(13(3)24(23-11)14-8-9-28(26,27)10-14)19(25)20-12(2)18-21-15-6-4-5-7-16(15)22-18/h4-7,12,14H,8-10H2,1-3H3,(H,20,25)(H,21,22)/t12-,14+/m1/s1. The highest BCUT2D eigenvalue weighted by atomic mass is 32.2. The number of hydrogen-bond acceptors (Lipinski definition) is 5. The second-order valence-electron chi connectivity index (χ2n) is 7.38. The number of imidazole rings is 1. The first-order valence-electron chi connectivity index (χ1n) is 9.27. The van der Waals surface area contributed by atoms with Gasteiger partial charge in [0.15, 0.2) is 9.84 Å². The van der Waals surface area contributed by atoms with Crippen molar-refractivity contribution in [1.82, 2.24) is 25.1 Å². The van der Waals surface area contributed by atoms with Gasteiger partial charge in [0.25, 0.3) is 5.91 Å². The zero-order valence-electron chi connectivity index (χ0n) is 16.1. The molecule has 8 nitrogen and oxygen atoms in total. The van der Waals surface area contributed by atoms with E-state index in [0.717, 1.165) is 11.0 Å². The minimum absolute atomic E-state index is 0.0748. The Hall–Kier alpha value is -2.68. The van der Waals surface area contributed by atoms with Gasteiger partial charge in [0, 0.05) is 5.69 Å². The van der Waals surface area contributed by atoms with E-state index in [2.05, 4.69) is 20.4 Å². The van der Waals surface area contributed by atoms with Gasteiger partial charge < -0.3 is 10.3 Å². The van der Waals surface area contributed by atoms with E-state index in [-0.39, 0.29) is 29.5 Å². The number of carbonyl (C=O) groups excluding carboxylic acids is 1. The molecule has 3 aromatic rings. The maximum Gasteiger partial charge on any atom is 0.255 e. The van der Waals surface area contributed by atoms with Crippen molar-refractivity contribution in [3.05, 3.63) is 47.0 Å². The molecule has 0 radical (unpaired) electrons. The summed E-state index contributed by atoms with van der Waals surface area (Å²) in [5, 5.41) is 7.43. The molecule has 2 aromatic heterocycles. The number of amides is 1. The smallest absolute Gasteiger partial charge is 0.255 e. The van der Waals surface area contributed by atoms with Gasteiger partial charge in [-0.05, 0) is 39.3 Å². The minimum atomic E-state index is -3.03. The number of aryl methyl sites for hydroxylation is 1. The van der Waals surface area contributed by atoms with E-state index in [0.29, 0.717) is 29.2 Å². The Morgan fingerprint density at radius 3 is 2.75 bits per heavy atom. The van der Waals surface area contributed by atoms with Crippen LogP contribution in [0.15, 0.2) is 24.3 Å². The first kappa shape index (κ1) is 18.7. The Morgan fingerprint density at radius 2 is 2.07 bits per heavy atom. The van der Waals surface area contributed by atoms with Gasteiger partial charge in [-0.25, -0.2) is 13.4 Å². The summed E-state index contributed by atoms with van der Waals surface area (Å²) < 4.78 is 25.3. The highest BCUT2D eigenvalue weighted by molar-refractivity contribution is 7.91. The number of para-hydroxylation sites is 2. The van der Waals surface area contributed by atoms with Crippen LogP contribution in [0.5, 0.6) is 0 Å². The zero-order valence-corrected chi connectivity index (χ0v) is 16.9. The molecule has 0 bridgehead atoms. The number of nitrogens with zero attached hydrogens (tertiary/aromatic N) is 3. The molecule has 1 saturated heterocycles. The van der Waals surface area contributed by atoms with Gasteiger partial charge in [-0.15, -0.1) is 0 Å². The Bertz CT molecular complexity index is 1130. The number of sulfone groups is 1. The molecule has 9 heteroatoms. The third-order valence-electron chi connectivity index (χ3n) is 5.27. The molecule has 1 amide bonds. The van der Waals surface area contributed by atoms with Crippen molar-refractivity contribution in [2.75, 3.05) is 11.5 Å². The van der Waals surface area contributed by atoms with Crippen molar-refractivity contribution < 1.29 is 13.2 Å². The summed E-state index contributed by atoms with van der Waals surface area (Å²) in [5.74, 6) is 0.681. The lowest BCUT2D eigenvalue weighted by atomic mass is 10.1. The molecule has 1 aliphatic heterocycles. The lowest BCUT2D eigenvalue weighted by Crippen LogP contribution is -2.28. The van der Waals surface area contributed by atoms with Gasteiger partial charge in [-0.1, -0.05) is 12.1 Å². The van der Waals surface area contributed by atoms with E-state index >= 15 is 0 Å². The SMILES string of the molecule is Cc1nn([C@H]2CCS(=O)(=O)C2)c(C)c1C(=O)N[C@H](C)c1nc2ccccc2[nH]1. The van der Waals surface area contributed by atoms with Crippen LogP contribution in [0, 0.1) is 13.8 Å². The van der Waals surface area contributed by atoms with Crippen LogP contribution in [0.3, 0.4) is 0 Å². The summed E-state index contributed by atoms with van der Waals surface area (Å²) in [7, 11) is -3.03. The fraction of sp³-hybridized carbons (Fsp3) is 0.421. The Kier molecular flexibility index (Phi) is 4.49. The van der Waals surface area contributed by atoms with Gasteiger partial charge >= 0.3 is 0 Å². The topological polar surface area (TPSA) is 110 Å². The van der Waals surface area contributed by atoms with Crippen LogP contribution in [0.25, 0.3) is 11.0 Å². The number of rotatable bonds is 4. The lowest BCUT2D eigenvalue weighted by Gasteiger charge is -2.13. The molecule has 1 aromatic carbocycles. The summed E-state index contributed by atoms with van der Waals surface area (Å²) in [6.07, 6.45) is 0.529. The van der Waals surface area contributed by atoms with Crippen LogP contribution in [0.2, 0.25) is 0 Å². The normalized spacial score (nSPS) is 19.8. The molecule has 3 heterocycles. The summed E-state index contributed by atoms with van der Waals surface area (Å²) in [5.41, 5.74) is 3.54. The number of carbonyl (C=O) groups is 1. The fourth-order valence-electron chi connectivity index (χ4n) is 3.83. The minimum Gasteiger partial charge on any atom is -0.342 e. The first-order valence-corrected chi connectivity index (χ1v) is 11.1. The molecular weight excluding hydrogens is 378 g/mol. The molecule has 2 N–H and O–H groups in total. The second-order valence-corrected chi connectivity index (χ2v) is 9.61. The molecule has 1 fully saturated rings. The Morgan fingerprint density at radius 1 is 1.32 bits per heavy atom. The van der Waals surface area contributed by atoms with Crippen molar-refractivity contribution in [3.8, 4) is 0 Å². The summed E-state index contributed by atoms with van der Waals surface area (Å²) in [6.45, 7) is 5.45. The van der Waals surface area contributed by atoms with Crippen molar-refractivity contribution in [1.29, 1.82) is 0 Å². The van der Waals surface area contributed by atoms with Crippen molar-refractivity contribution in [3.63, 3.8) is 0 Å². The van der Waals surface area contributed by atoms with Crippen LogP contribution in [0.1, 0.15) is 53.0 Å². The predicted molar refractivity (Wildman–Crippen MR) is 106 cm³/mol. The van der Waals surface area contributed by atoms with Gasteiger partial charge in [0.1, 0.15) is 5.82 Å². The van der Waals surface area contributed by atoms with Gasteiger partial charge in [0.2, 0.25) is 0 Å². The molecule has 0 saturated carbocycles. The van der Waals surface area contributed by atoms with Crippen LogP contribution < -0.4 is 5.32 Å². The highest BCUT2D eigenvalue weighted by Gasteiger charge is 2.32. The largest absolute Gasteiger partial charge is 0.342 e. The monoisotopic (exact) mass is 401 g/mol. The number of aromatic nitrogens is 4. The summed E-state index contributed by atoms with van der Waals surface area (Å²) >= 11 is 0. The fourth-order valence-corrected chi connectivity index (χ4v) is 5.52. The maximum atomic E-state index is 12.9. The average Bonchev–Trinajstić information content (AvgIpc) is 3.29. The van der Waals surface area contributed by atoms with Gasteiger partial charge in [-0.2, -0.15) is 5.10 Å². The molecule has 28 heavy (non-hydrogen) atoms. The van der Waals surface area contributed by atoms with E-state index in [9.17, 15) is 13.2 Å². The number of benzene rings is 1. The summed E-state index contributed by atoms with van der Waals surface area (Å²) in [6, 6.07) is 7.18. The van der Waals surface area contributed by atoms with Crippen LogP contribution in [0.4, 0.5) is 0 Å². The molecule has 1 aliphatic rings. The molecular formula is C19H23N5O3S. The first-order chi connectivity index (χ1) is 13.2. The van der Waals surface area contributed by atoms with E-state index in [4.69, 9.17) is 0 Å². The van der Waals surface area contributed by atoms with Crippen LogP contribution in [-0.2, 0) is 9.84 Å². The number of nitrogens with one attached hydrogen (secondary N) is 2. The zero-order chi connectivity index (χ0) is 20.1. The molecule has 0 aliphatic carbocycles. The van der Waals surface area contributed by atoms with E-state index in [1.165, 1.54) is 0 Å². The van der Waals surface area contributed by atoms with Crippen molar-refractivity contribution >= 4 is 26.8 Å². The maximum absolute atomic E-state index is 12.9. The van der Waals surface area contributed by atoms with Crippen molar-refractivity contribution in [2.45, 2.75) is 39.3 Å². The van der Waals surface area contributed by atoms with Crippen molar-refractivity contribution in [2.24, 2.45) is 0 Å². The number of hydrogen-bond donors (Lipinski definition) is 2. The highest BCUT2D eigenvalue weighted by Crippen LogP contribution is 2.27. The number of H-pyrrole nitrogens is 1. The molecule has 0 spiro atoms. The Labute approximate surface area is 163 Å². The summed E-state index contributed by atoms with van der Waals surface area (Å²) in [4.78, 5) is 20.7. The second kappa shape index (κ2) is 6.73. The van der Waals surface area contributed by atoms with E-state index in [1.807, 2.05) is 38.1 Å². The quantitative estimate of drug-likeness (QED) is 0.697. The van der Waals surface area contributed by atoms with E-state index < -0.39 is 9.84 Å². The molecule has 2 atom stereocenters. The lowest BCUT2D eigenvalue weighted by molar-refractivity contribution is 0.0937. The van der Waals surface area contributed by atoms with Crippen LogP contribution in [-0.4, -0.2) is 45.6 Å². The average molecular weight is 401 g/mol. The Balaban J connectivity index is 1.56. The third kappa shape index (κ3) is 3.30. The molecule has 4 rings (SSSR count). The van der Waals surface area contributed by atoms with Gasteiger partial charge in [0.05, 0.1) is 45.9 Å². The number of aromatic amines is 1. The molecule has 148 valence electrons. The molecule has 0 unspecified atom stereocenters. The van der Waals surface area contributed by atoms with Gasteiger partial charge in [-0.3, -0.25) is 9.48 Å².